The molecule has 0 aliphatic heterocycles. The maximum atomic E-state index is 11.4. The number of carbonyl (C=O) groups excluding carboxylic acids is 1. The highest BCUT2D eigenvalue weighted by Crippen LogP contribution is 2.33. The molecule has 2 nitrogen and oxygen atoms in total. The van der Waals surface area contributed by atoms with Crippen LogP contribution in [-0.2, 0) is 22.4 Å². The Balaban J connectivity index is 2.04. The highest BCUT2D eigenvalue weighted by molar-refractivity contribution is 5.98. The van der Waals surface area contributed by atoms with Gasteiger partial charge in [0.25, 0.3) is 0 Å². The zero-order valence-electron chi connectivity index (χ0n) is 11.0. The van der Waals surface area contributed by atoms with Crippen LogP contribution in [0.4, 0.5) is 0 Å². The summed E-state index contributed by atoms with van der Waals surface area (Å²) in [5, 5.41) is 2.60. The van der Waals surface area contributed by atoms with Crippen molar-refractivity contribution in [1.29, 1.82) is 0 Å². The van der Waals surface area contributed by atoms with Gasteiger partial charge in [-0.25, -0.2) is 4.79 Å². The molecule has 0 saturated carbocycles. The number of hydrogen-bond donors (Lipinski definition) is 0. The van der Waals surface area contributed by atoms with Gasteiger partial charge in [0.15, 0.2) is 0 Å². The van der Waals surface area contributed by atoms with Gasteiger partial charge in [-0.1, -0.05) is 30.3 Å². The fraction of sp³-hybridized carbons (Fsp3) is 0.235. The molecule has 0 amide bonds. The number of rotatable bonds is 3. The summed E-state index contributed by atoms with van der Waals surface area (Å²) >= 11 is 0. The molecule has 0 radical (unpaired) electrons. The van der Waals surface area contributed by atoms with Crippen LogP contribution >= 0.6 is 0 Å². The Morgan fingerprint density at radius 3 is 2.79 bits per heavy atom. The number of aryl methyl sites for hydroxylation is 2. The van der Waals surface area contributed by atoms with Crippen molar-refractivity contribution < 1.29 is 9.53 Å². The molecule has 0 aromatic heterocycles. The smallest absolute Gasteiger partial charge is 0.330 e. The van der Waals surface area contributed by atoms with Crippen LogP contribution in [0.1, 0.15) is 23.6 Å². The summed E-state index contributed by atoms with van der Waals surface area (Å²) in [4.78, 5) is 11.4. The average molecular weight is 252 g/mol. The minimum Gasteiger partial charge on any atom is -0.463 e. The van der Waals surface area contributed by atoms with Gasteiger partial charge in [-0.3, -0.25) is 0 Å². The van der Waals surface area contributed by atoms with Crippen molar-refractivity contribution in [3.05, 3.63) is 53.1 Å². The zero-order valence-corrected chi connectivity index (χ0v) is 11.0. The molecule has 0 heterocycles. The minimum atomic E-state index is -0.286. The summed E-state index contributed by atoms with van der Waals surface area (Å²) in [6.07, 6.45) is 5.59. The quantitative estimate of drug-likeness (QED) is 0.617. The number of esters is 1. The third-order valence-corrected chi connectivity index (χ3v) is 3.60. The first-order valence-electron chi connectivity index (χ1n) is 6.68. The van der Waals surface area contributed by atoms with Gasteiger partial charge < -0.3 is 4.74 Å². The summed E-state index contributed by atoms with van der Waals surface area (Å²) in [5.41, 5.74) is 3.91. The molecule has 0 saturated heterocycles. The molecule has 0 atom stereocenters. The molecule has 19 heavy (non-hydrogen) atoms. The summed E-state index contributed by atoms with van der Waals surface area (Å²) in [6, 6.07) is 10.7. The van der Waals surface area contributed by atoms with Gasteiger partial charge in [0.05, 0.1) is 6.61 Å². The van der Waals surface area contributed by atoms with E-state index in [1.54, 1.807) is 0 Å². The Bertz CT molecular complexity index is 658. The SMILES string of the molecule is CCOC(=O)C=Cc1ccc2c3c(cccc13)CC2. The van der Waals surface area contributed by atoms with Crippen molar-refractivity contribution >= 4 is 22.8 Å². The lowest BCUT2D eigenvalue weighted by Crippen LogP contribution is -1.98. The van der Waals surface area contributed by atoms with Crippen LogP contribution in [0.15, 0.2) is 36.4 Å². The van der Waals surface area contributed by atoms with E-state index in [0.717, 1.165) is 18.4 Å². The van der Waals surface area contributed by atoms with E-state index in [1.165, 1.54) is 28.0 Å². The molecular formula is C17H16O2. The van der Waals surface area contributed by atoms with E-state index in [0.29, 0.717) is 6.61 Å². The van der Waals surface area contributed by atoms with Crippen molar-refractivity contribution in [1.82, 2.24) is 0 Å². The normalized spacial score (nSPS) is 13.3. The Hall–Kier alpha value is -2.09. The topological polar surface area (TPSA) is 26.3 Å². The van der Waals surface area contributed by atoms with Crippen LogP contribution in [0.25, 0.3) is 16.8 Å². The molecule has 0 bridgehead atoms. The second-order valence-electron chi connectivity index (χ2n) is 4.74. The summed E-state index contributed by atoms with van der Waals surface area (Å²) in [6.45, 7) is 2.22. The maximum Gasteiger partial charge on any atom is 0.330 e. The third kappa shape index (κ3) is 2.14. The zero-order chi connectivity index (χ0) is 13.2. The second kappa shape index (κ2) is 4.88. The van der Waals surface area contributed by atoms with Crippen molar-refractivity contribution in [2.24, 2.45) is 0 Å². The lowest BCUT2D eigenvalue weighted by molar-refractivity contribution is -0.137. The fourth-order valence-corrected chi connectivity index (χ4v) is 2.76. The standard InChI is InChI=1S/C17H16O2/c1-2-19-16(18)11-10-12-6-7-14-9-8-13-4-3-5-15(12)17(13)14/h3-7,10-11H,2,8-9H2,1H3. The Morgan fingerprint density at radius 2 is 2.00 bits per heavy atom. The molecule has 0 N–H and O–H groups in total. The van der Waals surface area contributed by atoms with E-state index in [4.69, 9.17) is 4.74 Å². The molecule has 2 aromatic carbocycles. The maximum absolute atomic E-state index is 11.4. The van der Waals surface area contributed by atoms with E-state index >= 15 is 0 Å². The molecule has 96 valence electrons. The number of hydrogen-bond acceptors (Lipinski definition) is 2. The lowest BCUT2D eigenvalue weighted by Gasteiger charge is -2.05. The first-order chi connectivity index (χ1) is 9.29. The summed E-state index contributed by atoms with van der Waals surface area (Å²) < 4.78 is 4.91. The van der Waals surface area contributed by atoms with Gasteiger partial charge >= 0.3 is 5.97 Å². The molecule has 2 heteroatoms. The van der Waals surface area contributed by atoms with Crippen molar-refractivity contribution in [2.75, 3.05) is 6.61 Å². The van der Waals surface area contributed by atoms with Gasteiger partial charge in [0, 0.05) is 6.08 Å². The van der Waals surface area contributed by atoms with E-state index in [-0.39, 0.29) is 5.97 Å². The molecular weight excluding hydrogens is 236 g/mol. The van der Waals surface area contributed by atoms with Gasteiger partial charge in [-0.05, 0) is 53.3 Å². The molecule has 0 spiro atoms. The minimum absolute atomic E-state index is 0.286. The summed E-state index contributed by atoms with van der Waals surface area (Å²) in [5.74, 6) is -0.286. The number of benzene rings is 2. The van der Waals surface area contributed by atoms with Crippen LogP contribution in [0, 0.1) is 0 Å². The van der Waals surface area contributed by atoms with Crippen LogP contribution in [0.5, 0.6) is 0 Å². The largest absolute Gasteiger partial charge is 0.463 e. The molecule has 0 fully saturated rings. The highest BCUT2D eigenvalue weighted by Gasteiger charge is 2.14. The van der Waals surface area contributed by atoms with Gasteiger partial charge in [0.2, 0.25) is 0 Å². The van der Waals surface area contributed by atoms with Crippen molar-refractivity contribution in [3.8, 4) is 0 Å². The van der Waals surface area contributed by atoms with Crippen molar-refractivity contribution in [3.63, 3.8) is 0 Å². The predicted molar refractivity (Wildman–Crippen MR) is 77.0 cm³/mol. The molecule has 2 aromatic rings. The molecule has 0 unspecified atom stereocenters. The fourth-order valence-electron chi connectivity index (χ4n) is 2.76. The van der Waals surface area contributed by atoms with Gasteiger partial charge in [-0.15, -0.1) is 0 Å². The first kappa shape index (κ1) is 12.0. The molecule has 1 aliphatic carbocycles. The van der Waals surface area contributed by atoms with Crippen LogP contribution in [0.2, 0.25) is 0 Å². The van der Waals surface area contributed by atoms with Crippen LogP contribution < -0.4 is 0 Å². The Labute approximate surface area is 112 Å². The Kier molecular flexibility index (Phi) is 3.08. The number of carbonyl (C=O) groups is 1. The lowest BCUT2D eigenvalue weighted by atomic mass is 10.00. The predicted octanol–water partition coefficient (Wildman–Crippen LogP) is 3.51. The van der Waals surface area contributed by atoms with Crippen LogP contribution in [-0.4, -0.2) is 12.6 Å². The van der Waals surface area contributed by atoms with Crippen LogP contribution in [0.3, 0.4) is 0 Å². The van der Waals surface area contributed by atoms with Gasteiger partial charge in [0.1, 0.15) is 0 Å². The van der Waals surface area contributed by atoms with E-state index in [2.05, 4.69) is 30.3 Å². The van der Waals surface area contributed by atoms with E-state index < -0.39 is 0 Å². The number of ether oxygens (including phenoxy) is 1. The first-order valence-corrected chi connectivity index (χ1v) is 6.68. The van der Waals surface area contributed by atoms with E-state index in [9.17, 15) is 4.79 Å². The Morgan fingerprint density at radius 1 is 1.21 bits per heavy atom. The van der Waals surface area contributed by atoms with Crippen molar-refractivity contribution in [2.45, 2.75) is 19.8 Å². The summed E-state index contributed by atoms with van der Waals surface area (Å²) in [7, 11) is 0. The average Bonchev–Trinajstić information content (AvgIpc) is 2.84. The molecule has 3 rings (SSSR count). The monoisotopic (exact) mass is 252 g/mol. The van der Waals surface area contributed by atoms with Gasteiger partial charge in [-0.2, -0.15) is 0 Å². The second-order valence-corrected chi connectivity index (χ2v) is 4.74. The molecule has 1 aliphatic rings. The highest BCUT2D eigenvalue weighted by atomic mass is 16.5. The third-order valence-electron chi connectivity index (χ3n) is 3.60. The van der Waals surface area contributed by atoms with E-state index in [1.807, 2.05) is 13.0 Å².